The number of guanidine groups is 1. The Morgan fingerprint density at radius 2 is 2.22 bits per heavy atom. The number of methoxy groups -OCH3 is 1. The van der Waals surface area contributed by atoms with Gasteiger partial charge in [-0.2, -0.15) is 11.8 Å². The number of nitrogens with zero attached hydrogens (tertiary/aromatic N) is 3. The van der Waals surface area contributed by atoms with Gasteiger partial charge in [-0.05, 0) is 32.4 Å². The average molecular weight is 415 g/mol. The van der Waals surface area contributed by atoms with Crippen molar-refractivity contribution < 1.29 is 9.47 Å². The van der Waals surface area contributed by atoms with Crippen molar-refractivity contribution in [2.45, 2.75) is 51.0 Å². The fourth-order valence-electron chi connectivity index (χ4n) is 3.09. The van der Waals surface area contributed by atoms with Crippen LogP contribution in [-0.2, 0) is 16.0 Å². The van der Waals surface area contributed by atoms with E-state index in [1.165, 1.54) is 0 Å². The van der Waals surface area contributed by atoms with Gasteiger partial charge in [-0.15, -0.1) is 11.3 Å². The van der Waals surface area contributed by atoms with Crippen LogP contribution >= 0.6 is 23.1 Å². The summed E-state index contributed by atoms with van der Waals surface area (Å²) in [5.74, 6) is 2.05. The molecule has 6 nitrogen and oxygen atoms in total. The van der Waals surface area contributed by atoms with Gasteiger partial charge in [-0.25, -0.2) is 4.98 Å². The fraction of sp³-hybridized carbons (Fsp3) is 0.789. The summed E-state index contributed by atoms with van der Waals surface area (Å²) in [6.45, 7) is 10.4. The number of thioether (sulfide) groups is 1. The summed E-state index contributed by atoms with van der Waals surface area (Å²) in [6, 6.07) is 0. The standard InChI is InChI=1S/C19H34N4O2S2/c1-6-20-18(21-14-19(27-7-2)8-10-25-11-9-19)23(4)12-16-13-26-17(22-16)15(3)24-5/h13,15H,6-12,14H2,1-5H3,(H,20,21). The monoisotopic (exact) mass is 414 g/mol. The molecule has 2 rings (SSSR count). The van der Waals surface area contributed by atoms with E-state index in [4.69, 9.17) is 19.5 Å². The number of ether oxygens (including phenoxy) is 2. The minimum atomic E-state index is 0.0374. The molecule has 1 fully saturated rings. The molecular formula is C19H34N4O2S2. The predicted octanol–water partition coefficient (Wildman–Crippen LogP) is 3.55. The molecule has 8 heteroatoms. The highest BCUT2D eigenvalue weighted by atomic mass is 32.2. The molecule has 2 heterocycles. The molecule has 0 radical (unpaired) electrons. The molecule has 1 saturated heterocycles. The average Bonchev–Trinajstić information content (AvgIpc) is 3.14. The first-order chi connectivity index (χ1) is 13.0. The Morgan fingerprint density at radius 1 is 1.48 bits per heavy atom. The van der Waals surface area contributed by atoms with Crippen LogP contribution in [0, 0.1) is 0 Å². The minimum Gasteiger partial charge on any atom is -0.381 e. The lowest BCUT2D eigenvalue weighted by Crippen LogP contribution is -2.41. The molecule has 1 N–H and O–H groups in total. The Hall–Kier alpha value is -0.830. The zero-order valence-corrected chi connectivity index (χ0v) is 18.9. The van der Waals surface area contributed by atoms with Crippen molar-refractivity contribution >= 4 is 29.1 Å². The number of thiazole rings is 1. The van der Waals surface area contributed by atoms with Crippen molar-refractivity contribution in [2.24, 2.45) is 4.99 Å². The highest BCUT2D eigenvalue weighted by molar-refractivity contribution is 8.00. The minimum absolute atomic E-state index is 0.0374. The van der Waals surface area contributed by atoms with Gasteiger partial charge < -0.3 is 19.7 Å². The third kappa shape index (κ3) is 6.62. The fourth-order valence-corrected chi connectivity index (χ4v) is 5.15. The summed E-state index contributed by atoms with van der Waals surface area (Å²) >= 11 is 3.68. The maximum atomic E-state index is 5.58. The lowest BCUT2D eigenvalue weighted by molar-refractivity contribution is 0.0793. The Bertz CT molecular complexity index is 583. The summed E-state index contributed by atoms with van der Waals surface area (Å²) in [5, 5.41) is 6.55. The maximum absolute atomic E-state index is 5.58. The Labute approximate surface area is 172 Å². The predicted molar refractivity (Wildman–Crippen MR) is 116 cm³/mol. The number of nitrogens with one attached hydrogen (secondary N) is 1. The molecule has 0 spiro atoms. The van der Waals surface area contributed by atoms with Gasteiger partial charge in [0.1, 0.15) is 11.1 Å². The smallest absolute Gasteiger partial charge is 0.194 e. The van der Waals surface area contributed by atoms with Gasteiger partial charge in [0.05, 0.1) is 18.8 Å². The lowest BCUT2D eigenvalue weighted by Gasteiger charge is -2.35. The van der Waals surface area contributed by atoms with E-state index in [1.807, 2.05) is 18.7 Å². The summed E-state index contributed by atoms with van der Waals surface area (Å²) in [5.41, 5.74) is 1.05. The van der Waals surface area contributed by atoms with E-state index in [0.717, 1.165) is 68.1 Å². The van der Waals surface area contributed by atoms with Gasteiger partial charge in [0.15, 0.2) is 5.96 Å². The highest BCUT2D eigenvalue weighted by Crippen LogP contribution is 2.35. The third-order valence-electron chi connectivity index (χ3n) is 4.74. The number of hydrogen-bond donors (Lipinski definition) is 1. The van der Waals surface area contributed by atoms with Crippen molar-refractivity contribution in [3.8, 4) is 0 Å². The van der Waals surface area contributed by atoms with E-state index in [0.29, 0.717) is 0 Å². The SMILES string of the molecule is CCNC(=NCC1(SCC)CCOCC1)N(C)Cc1csc(C(C)OC)n1. The van der Waals surface area contributed by atoms with Crippen molar-refractivity contribution in [1.82, 2.24) is 15.2 Å². The van der Waals surface area contributed by atoms with E-state index < -0.39 is 0 Å². The Morgan fingerprint density at radius 3 is 2.85 bits per heavy atom. The van der Waals surface area contributed by atoms with Crippen LogP contribution in [0.25, 0.3) is 0 Å². The number of hydrogen-bond acceptors (Lipinski definition) is 6. The quantitative estimate of drug-likeness (QED) is 0.493. The summed E-state index contributed by atoms with van der Waals surface area (Å²) in [7, 11) is 3.79. The molecule has 1 aromatic heterocycles. The normalized spacial score (nSPS) is 18.3. The molecule has 0 aromatic carbocycles. The second-order valence-electron chi connectivity index (χ2n) is 6.81. The van der Waals surface area contributed by atoms with E-state index in [-0.39, 0.29) is 10.9 Å². The second-order valence-corrected chi connectivity index (χ2v) is 9.43. The van der Waals surface area contributed by atoms with Crippen molar-refractivity contribution in [2.75, 3.05) is 46.2 Å². The third-order valence-corrected chi connectivity index (χ3v) is 7.23. The van der Waals surface area contributed by atoms with Crippen LogP contribution in [0.15, 0.2) is 10.4 Å². The second kappa shape index (κ2) is 11.2. The largest absolute Gasteiger partial charge is 0.381 e. The Balaban J connectivity index is 2.05. The molecule has 0 saturated carbocycles. The van der Waals surface area contributed by atoms with Gasteiger partial charge in [-0.3, -0.25) is 4.99 Å². The lowest BCUT2D eigenvalue weighted by atomic mass is 9.99. The zero-order chi connectivity index (χ0) is 19.7. The van der Waals surface area contributed by atoms with Gasteiger partial charge in [0.25, 0.3) is 0 Å². The summed E-state index contributed by atoms with van der Waals surface area (Å²) in [6.07, 6.45) is 2.18. The number of aliphatic imine (C=N–C) groups is 1. The van der Waals surface area contributed by atoms with Crippen LogP contribution in [-0.4, -0.2) is 66.8 Å². The van der Waals surface area contributed by atoms with Crippen LogP contribution in [0.3, 0.4) is 0 Å². The molecule has 1 unspecified atom stereocenters. The molecule has 27 heavy (non-hydrogen) atoms. The molecular weight excluding hydrogens is 380 g/mol. The first-order valence-electron chi connectivity index (χ1n) is 9.71. The highest BCUT2D eigenvalue weighted by Gasteiger charge is 2.32. The molecule has 1 aliphatic rings. The molecule has 0 bridgehead atoms. The molecule has 0 amide bonds. The molecule has 1 aliphatic heterocycles. The van der Waals surface area contributed by atoms with Gasteiger partial charge in [0.2, 0.25) is 0 Å². The van der Waals surface area contributed by atoms with Gasteiger partial charge in [0, 0.05) is 44.0 Å². The summed E-state index contributed by atoms with van der Waals surface area (Å²) in [4.78, 5) is 11.8. The van der Waals surface area contributed by atoms with Gasteiger partial charge >= 0.3 is 0 Å². The number of rotatable bonds is 9. The summed E-state index contributed by atoms with van der Waals surface area (Å²) < 4.78 is 11.1. The van der Waals surface area contributed by atoms with E-state index in [1.54, 1.807) is 18.4 Å². The molecule has 1 aromatic rings. The van der Waals surface area contributed by atoms with Gasteiger partial charge in [-0.1, -0.05) is 6.92 Å². The molecule has 1 atom stereocenters. The first-order valence-corrected chi connectivity index (χ1v) is 11.6. The van der Waals surface area contributed by atoms with Crippen LogP contribution < -0.4 is 5.32 Å². The number of aromatic nitrogens is 1. The topological polar surface area (TPSA) is 59.0 Å². The van der Waals surface area contributed by atoms with Crippen molar-refractivity contribution in [1.29, 1.82) is 0 Å². The van der Waals surface area contributed by atoms with Crippen molar-refractivity contribution in [3.63, 3.8) is 0 Å². The molecule has 0 aliphatic carbocycles. The van der Waals surface area contributed by atoms with Crippen LogP contribution in [0.1, 0.15) is 50.4 Å². The first kappa shape index (κ1) is 22.5. The van der Waals surface area contributed by atoms with E-state index >= 15 is 0 Å². The maximum Gasteiger partial charge on any atom is 0.194 e. The van der Waals surface area contributed by atoms with E-state index in [9.17, 15) is 0 Å². The van der Waals surface area contributed by atoms with Crippen molar-refractivity contribution in [3.05, 3.63) is 16.1 Å². The molecule has 154 valence electrons. The Kier molecular flexibility index (Phi) is 9.35. The zero-order valence-electron chi connectivity index (χ0n) is 17.3. The van der Waals surface area contributed by atoms with Crippen LogP contribution in [0.4, 0.5) is 0 Å². The van der Waals surface area contributed by atoms with E-state index in [2.05, 4.69) is 36.5 Å². The van der Waals surface area contributed by atoms with Crippen LogP contribution in [0.2, 0.25) is 0 Å². The van der Waals surface area contributed by atoms with Crippen LogP contribution in [0.5, 0.6) is 0 Å².